The van der Waals surface area contributed by atoms with E-state index in [4.69, 9.17) is 27.7 Å². The lowest BCUT2D eigenvalue weighted by Gasteiger charge is -2.14. The first-order chi connectivity index (χ1) is 11.1. The van der Waals surface area contributed by atoms with Crippen LogP contribution in [-0.2, 0) is 0 Å². The highest BCUT2D eigenvalue weighted by atomic mass is 35.5. The van der Waals surface area contributed by atoms with E-state index in [0.29, 0.717) is 16.8 Å². The van der Waals surface area contributed by atoms with Gasteiger partial charge in [0.15, 0.2) is 5.76 Å². The average Bonchev–Trinajstić information content (AvgIpc) is 2.97. The van der Waals surface area contributed by atoms with E-state index in [1.54, 1.807) is 12.1 Å². The summed E-state index contributed by atoms with van der Waals surface area (Å²) in [6.45, 7) is 0. The molecule has 0 aliphatic heterocycles. The second-order valence-electron chi connectivity index (χ2n) is 5.07. The molecule has 2 aromatic carbocycles. The highest BCUT2D eigenvalue weighted by molar-refractivity contribution is 6.55. The van der Waals surface area contributed by atoms with Gasteiger partial charge in [0.2, 0.25) is 11.6 Å². The molecular formula is C17H7Cl2NO3. The Morgan fingerprint density at radius 1 is 0.913 bits per heavy atom. The van der Waals surface area contributed by atoms with Crippen molar-refractivity contribution in [1.82, 2.24) is 5.16 Å². The van der Waals surface area contributed by atoms with Gasteiger partial charge in [0, 0.05) is 16.1 Å². The van der Waals surface area contributed by atoms with Crippen LogP contribution in [-0.4, -0.2) is 16.7 Å². The fraction of sp³-hybridized carbons (Fsp3) is 0. The van der Waals surface area contributed by atoms with Gasteiger partial charge in [-0.2, -0.15) is 0 Å². The van der Waals surface area contributed by atoms with Gasteiger partial charge in [-0.05, 0) is 12.1 Å². The zero-order valence-electron chi connectivity index (χ0n) is 11.5. The van der Waals surface area contributed by atoms with Gasteiger partial charge >= 0.3 is 0 Å². The number of ketones is 2. The summed E-state index contributed by atoms with van der Waals surface area (Å²) >= 11 is 12.1. The molecule has 4 rings (SSSR count). The normalized spacial score (nSPS) is 13.0. The Kier molecular flexibility index (Phi) is 3.11. The molecule has 1 aliphatic carbocycles. The largest absolute Gasteiger partial charge is 0.355 e. The monoisotopic (exact) mass is 343 g/mol. The first-order valence-corrected chi connectivity index (χ1v) is 7.47. The van der Waals surface area contributed by atoms with Gasteiger partial charge in [-0.1, -0.05) is 58.7 Å². The number of aromatic nitrogens is 1. The van der Waals surface area contributed by atoms with E-state index in [-0.39, 0.29) is 26.9 Å². The molecule has 112 valence electrons. The van der Waals surface area contributed by atoms with Crippen LogP contribution in [0.15, 0.2) is 47.0 Å². The van der Waals surface area contributed by atoms with Gasteiger partial charge in [0.25, 0.3) is 0 Å². The topological polar surface area (TPSA) is 60.2 Å². The van der Waals surface area contributed by atoms with Crippen molar-refractivity contribution in [3.63, 3.8) is 0 Å². The van der Waals surface area contributed by atoms with Crippen LogP contribution in [0.1, 0.15) is 20.7 Å². The first kappa shape index (κ1) is 14.2. The minimum atomic E-state index is -0.675. The van der Waals surface area contributed by atoms with Crippen LogP contribution < -0.4 is 0 Å². The summed E-state index contributed by atoms with van der Waals surface area (Å²) in [5.74, 6) is -1.15. The molecule has 0 fully saturated rings. The fourth-order valence-corrected chi connectivity index (χ4v) is 3.26. The van der Waals surface area contributed by atoms with Crippen molar-refractivity contribution >= 4 is 34.8 Å². The first-order valence-electron chi connectivity index (χ1n) is 6.71. The Hall–Kier alpha value is -2.43. The smallest absolute Gasteiger partial charge is 0.239 e. The van der Waals surface area contributed by atoms with E-state index in [0.717, 1.165) is 0 Å². The van der Waals surface area contributed by atoms with Crippen LogP contribution in [0, 0.1) is 0 Å². The molecule has 3 aromatic rings. The number of halogens is 2. The van der Waals surface area contributed by atoms with Crippen molar-refractivity contribution in [1.29, 1.82) is 0 Å². The molecule has 0 unspecified atom stereocenters. The van der Waals surface area contributed by atoms with Gasteiger partial charge in [0.1, 0.15) is 11.3 Å². The summed E-state index contributed by atoms with van der Waals surface area (Å²) in [5, 5.41) is 4.50. The van der Waals surface area contributed by atoms with Crippen LogP contribution in [0.3, 0.4) is 0 Å². The van der Waals surface area contributed by atoms with E-state index in [1.807, 2.05) is 18.2 Å². The molecule has 0 saturated heterocycles. The zero-order chi connectivity index (χ0) is 16.1. The lowest BCUT2D eigenvalue weighted by molar-refractivity contribution is 0.0815. The fourth-order valence-electron chi connectivity index (χ4n) is 2.68. The number of fused-ring (bicyclic) bond motifs is 3. The van der Waals surface area contributed by atoms with Gasteiger partial charge < -0.3 is 4.52 Å². The van der Waals surface area contributed by atoms with Gasteiger partial charge in [0.05, 0.1) is 10.6 Å². The number of carbonyl (C=O) groups is 2. The lowest BCUT2D eigenvalue weighted by Crippen LogP contribution is -2.21. The molecule has 6 heteroatoms. The predicted molar refractivity (Wildman–Crippen MR) is 86.1 cm³/mol. The summed E-state index contributed by atoms with van der Waals surface area (Å²) in [6, 6.07) is 12.0. The second-order valence-corrected chi connectivity index (χ2v) is 5.91. The molecule has 1 aliphatic rings. The van der Waals surface area contributed by atoms with E-state index < -0.39 is 11.6 Å². The molecule has 0 radical (unpaired) electrons. The third kappa shape index (κ3) is 2.03. The number of nitrogens with zero attached hydrogens (tertiary/aromatic N) is 1. The molecule has 0 atom stereocenters. The summed E-state index contributed by atoms with van der Waals surface area (Å²) in [4.78, 5) is 25.0. The summed E-state index contributed by atoms with van der Waals surface area (Å²) in [6.07, 6.45) is 0. The van der Waals surface area contributed by atoms with Crippen LogP contribution in [0.4, 0.5) is 0 Å². The summed E-state index contributed by atoms with van der Waals surface area (Å²) in [7, 11) is 0. The minimum Gasteiger partial charge on any atom is -0.355 e. The number of hydrogen-bond acceptors (Lipinski definition) is 4. The maximum Gasteiger partial charge on any atom is 0.239 e. The second kappa shape index (κ2) is 5.05. The number of rotatable bonds is 1. The Balaban J connectivity index is 2.05. The molecule has 0 amide bonds. The molecule has 0 spiro atoms. The van der Waals surface area contributed by atoms with E-state index in [1.165, 1.54) is 12.1 Å². The van der Waals surface area contributed by atoms with E-state index in [2.05, 4.69) is 5.16 Å². The Bertz CT molecular complexity index is 977. The van der Waals surface area contributed by atoms with E-state index in [9.17, 15) is 9.59 Å². The van der Waals surface area contributed by atoms with Gasteiger partial charge in [-0.25, -0.2) is 0 Å². The number of hydrogen-bond donors (Lipinski definition) is 0. The molecule has 4 nitrogen and oxygen atoms in total. The van der Waals surface area contributed by atoms with Crippen molar-refractivity contribution < 1.29 is 14.1 Å². The standard InChI is InChI=1S/C17H7Cl2NO3/c18-9-6-10-12(11(19)7-9)17-13(16(22)15(10)21)14(20-23-17)8-4-2-1-3-5-8/h1-7H. The molecule has 1 heterocycles. The highest BCUT2D eigenvalue weighted by Crippen LogP contribution is 2.43. The molecule has 0 N–H and O–H groups in total. The maximum absolute atomic E-state index is 12.5. The van der Waals surface area contributed by atoms with Crippen LogP contribution in [0.25, 0.3) is 22.6 Å². The highest BCUT2D eigenvalue weighted by Gasteiger charge is 2.38. The van der Waals surface area contributed by atoms with Crippen molar-refractivity contribution in [2.24, 2.45) is 0 Å². The van der Waals surface area contributed by atoms with Crippen molar-refractivity contribution in [2.75, 3.05) is 0 Å². The third-order valence-corrected chi connectivity index (χ3v) is 4.22. The predicted octanol–water partition coefficient (Wildman–Crippen LogP) is 4.69. The number of carbonyl (C=O) groups excluding carboxylic acids is 2. The van der Waals surface area contributed by atoms with Gasteiger partial charge in [-0.3, -0.25) is 9.59 Å². The third-order valence-electron chi connectivity index (χ3n) is 3.70. The maximum atomic E-state index is 12.5. The minimum absolute atomic E-state index is 0.135. The van der Waals surface area contributed by atoms with Crippen LogP contribution in [0.5, 0.6) is 0 Å². The molecule has 1 aromatic heterocycles. The molecule has 23 heavy (non-hydrogen) atoms. The zero-order valence-corrected chi connectivity index (χ0v) is 13.0. The lowest BCUT2D eigenvalue weighted by atomic mass is 9.86. The Morgan fingerprint density at radius 3 is 2.39 bits per heavy atom. The molecular weight excluding hydrogens is 337 g/mol. The Labute approximate surface area is 140 Å². The van der Waals surface area contributed by atoms with Crippen molar-refractivity contribution in [3.05, 3.63) is 63.6 Å². The number of benzene rings is 2. The molecule has 0 bridgehead atoms. The average molecular weight is 344 g/mol. The summed E-state index contributed by atoms with van der Waals surface area (Å²) < 4.78 is 5.36. The number of Topliss-reactive ketones (excluding diaryl/α,β-unsaturated/α-hetero) is 2. The molecule has 0 saturated carbocycles. The SMILES string of the molecule is O=C1C(=O)c2c(-c3ccccc3)noc2-c2c(Cl)cc(Cl)cc21. The van der Waals surface area contributed by atoms with Gasteiger partial charge in [-0.15, -0.1) is 0 Å². The van der Waals surface area contributed by atoms with Crippen LogP contribution >= 0.6 is 23.2 Å². The van der Waals surface area contributed by atoms with Crippen molar-refractivity contribution in [3.8, 4) is 22.6 Å². The van der Waals surface area contributed by atoms with Crippen molar-refractivity contribution in [2.45, 2.75) is 0 Å². The van der Waals surface area contributed by atoms with E-state index >= 15 is 0 Å². The summed E-state index contributed by atoms with van der Waals surface area (Å²) in [5.41, 5.74) is 1.64. The quantitative estimate of drug-likeness (QED) is 0.601. The Morgan fingerprint density at radius 2 is 1.65 bits per heavy atom. The van der Waals surface area contributed by atoms with Crippen LogP contribution in [0.2, 0.25) is 10.0 Å².